The van der Waals surface area contributed by atoms with Crippen LogP contribution in [0.1, 0.15) is 10.4 Å². The van der Waals surface area contributed by atoms with Gasteiger partial charge in [0.25, 0.3) is 11.6 Å². The minimum absolute atomic E-state index is 0.0707. The normalized spacial score (nSPS) is 10.1. The van der Waals surface area contributed by atoms with Gasteiger partial charge >= 0.3 is 0 Å². The molecule has 2 rings (SSSR count). The highest BCUT2D eigenvalue weighted by molar-refractivity contribution is 6.00. The maximum atomic E-state index is 12.1. The molecule has 1 amide bonds. The first kappa shape index (κ1) is 13.7. The molecule has 0 atom stereocenters. The zero-order chi connectivity index (χ0) is 14.7. The van der Waals surface area contributed by atoms with Gasteiger partial charge in [0.05, 0.1) is 10.5 Å². The lowest BCUT2D eigenvalue weighted by Gasteiger charge is -2.12. The smallest absolute Gasteiger partial charge is 0.289 e. The number of carbonyl (C=O) groups excluding carboxylic acids is 1. The number of nitro benzene ring substituents is 1. The maximum absolute atomic E-state index is 12.1. The topological polar surface area (TPSA) is 76.3 Å². The van der Waals surface area contributed by atoms with Crippen LogP contribution in [-0.2, 0) is 0 Å². The summed E-state index contributed by atoms with van der Waals surface area (Å²) in [6.07, 6.45) is 3.12. The Labute approximate surface area is 115 Å². The zero-order valence-corrected chi connectivity index (χ0v) is 11.1. The van der Waals surface area contributed by atoms with Crippen LogP contribution in [0, 0.1) is 10.1 Å². The second-order valence-electron chi connectivity index (χ2n) is 4.40. The van der Waals surface area contributed by atoms with Crippen LogP contribution in [0.3, 0.4) is 0 Å². The number of benzene rings is 1. The van der Waals surface area contributed by atoms with E-state index in [1.807, 2.05) is 0 Å². The monoisotopic (exact) mass is 271 g/mol. The van der Waals surface area contributed by atoms with Crippen molar-refractivity contribution in [3.05, 3.63) is 58.4 Å². The quantitative estimate of drug-likeness (QED) is 0.634. The van der Waals surface area contributed by atoms with Crippen LogP contribution in [0.5, 0.6) is 0 Å². The third-order valence-corrected chi connectivity index (χ3v) is 2.83. The fraction of sp³-hybridized carbons (Fsp3) is 0.143. The number of para-hydroxylation sites is 1. The van der Waals surface area contributed by atoms with E-state index in [0.717, 1.165) is 0 Å². The van der Waals surface area contributed by atoms with Crippen LogP contribution in [-0.4, -0.2) is 34.8 Å². The van der Waals surface area contributed by atoms with Crippen molar-refractivity contribution >= 4 is 11.6 Å². The molecule has 0 aliphatic carbocycles. The van der Waals surface area contributed by atoms with Gasteiger partial charge in [-0.2, -0.15) is 0 Å². The number of rotatable bonds is 3. The minimum Gasteiger partial charge on any atom is -0.345 e. The molecule has 0 aliphatic heterocycles. The van der Waals surface area contributed by atoms with E-state index in [1.165, 1.54) is 17.2 Å². The summed E-state index contributed by atoms with van der Waals surface area (Å²) in [5, 5.41) is 11.4. The van der Waals surface area contributed by atoms with Crippen molar-refractivity contribution in [1.29, 1.82) is 0 Å². The molecule has 0 aliphatic rings. The van der Waals surface area contributed by atoms with E-state index in [1.54, 1.807) is 44.6 Å². The molecular weight excluding hydrogens is 258 g/mol. The summed E-state index contributed by atoms with van der Waals surface area (Å²) in [7, 11) is 3.12. The predicted molar refractivity (Wildman–Crippen MR) is 74.3 cm³/mol. The van der Waals surface area contributed by atoms with Crippen molar-refractivity contribution in [1.82, 2.24) is 9.88 Å². The van der Waals surface area contributed by atoms with Gasteiger partial charge in [-0.3, -0.25) is 19.9 Å². The van der Waals surface area contributed by atoms with Crippen LogP contribution in [0.4, 0.5) is 5.69 Å². The predicted octanol–water partition coefficient (Wildman–Crippen LogP) is 2.36. The molecule has 1 aromatic heterocycles. The molecule has 0 saturated carbocycles. The van der Waals surface area contributed by atoms with Crippen molar-refractivity contribution in [2.45, 2.75) is 0 Å². The number of aromatic nitrogens is 1. The second kappa shape index (κ2) is 5.48. The molecule has 0 radical (unpaired) electrons. The van der Waals surface area contributed by atoms with E-state index < -0.39 is 10.8 Å². The van der Waals surface area contributed by atoms with Gasteiger partial charge in [0.2, 0.25) is 0 Å². The fourth-order valence-electron chi connectivity index (χ4n) is 1.91. The molecule has 0 saturated heterocycles. The molecule has 20 heavy (non-hydrogen) atoms. The first-order valence-electron chi connectivity index (χ1n) is 5.92. The maximum Gasteiger partial charge on any atom is 0.289 e. The van der Waals surface area contributed by atoms with Crippen LogP contribution in [0.2, 0.25) is 0 Å². The Bertz CT molecular complexity index is 654. The molecule has 0 fully saturated rings. The van der Waals surface area contributed by atoms with Gasteiger partial charge in [-0.1, -0.05) is 12.1 Å². The summed E-state index contributed by atoms with van der Waals surface area (Å²) in [6, 6.07) is 8.12. The fourth-order valence-corrected chi connectivity index (χ4v) is 1.91. The number of pyridine rings is 1. The third-order valence-electron chi connectivity index (χ3n) is 2.83. The average Bonchev–Trinajstić information content (AvgIpc) is 2.46. The van der Waals surface area contributed by atoms with Gasteiger partial charge in [0, 0.05) is 32.1 Å². The minimum atomic E-state index is -0.529. The van der Waals surface area contributed by atoms with Gasteiger partial charge in [-0.25, -0.2) is 0 Å². The summed E-state index contributed by atoms with van der Waals surface area (Å²) >= 11 is 0. The number of amides is 1. The molecule has 102 valence electrons. The lowest BCUT2D eigenvalue weighted by atomic mass is 10.0. The number of hydrogen-bond acceptors (Lipinski definition) is 4. The third kappa shape index (κ3) is 2.49. The second-order valence-corrected chi connectivity index (χ2v) is 4.40. The molecule has 6 nitrogen and oxygen atoms in total. The molecule has 2 aromatic rings. The Morgan fingerprint density at radius 2 is 2.00 bits per heavy atom. The molecule has 0 unspecified atom stereocenters. The van der Waals surface area contributed by atoms with Gasteiger partial charge in [-0.05, 0) is 18.2 Å². The van der Waals surface area contributed by atoms with E-state index in [4.69, 9.17) is 0 Å². The van der Waals surface area contributed by atoms with Crippen LogP contribution in [0.15, 0.2) is 42.7 Å². The number of nitro groups is 1. The SMILES string of the molecule is CN(C)C(=O)c1cccc(-c2cccnc2)c1[N+](=O)[O-]. The molecule has 0 bridgehead atoms. The average molecular weight is 271 g/mol. The van der Waals surface area contributed by atoms with E-state index in [2.05, 4.69) is 4.98 Å². The highest BCUT2D eigenvalue weighted by Crippen LogP contribution is 2.32. The lowest BCUT2D eigenvalue weighted by molar-refractivity contribution is -0.384. The van der Waals surface area contributed by atoms with E-state index in [-0.39, 0.29) is 11.3 Å². The molecule has 1 aromatic carbocycles. The summed E-state index contributed by atoms with van der Waals surface area (Å²) in [4.78, 5) is 28.2. The van der Waals surface area contributed by atoms with Crippen molar-refractivity contribution < 1.29 is 9.72 Å². The summed E-state index contributed by atoms with van der Waals surface area (Å²) in [5.74, 6) is -0.401. The van der Waals surface area contributed by atoms with Crippen LogP contribution >= 0.6 is 0 Å². The molecule has 0 N–H and O–H groups in total. The standard InChI is InChI=1S/C14H13N3O3/c1-16(2)14(18)12-7-3-6-11(13(12)17(19)20)10-5-4-8-15-9-10/h3-9H,1-2H3. The van der Waals surface area contributed by atoms with Gasteiger partial charge in [0.1, 0.15) is 5.56 Å². The first-order chi connectivity index (χ1) is 9.52. The van der Waals surface area contributed by atoms with Crippen molar-refractivity contribution in [2.24, 2.45) is 0 Å². The largest absolute Gasteiger partial charge is 0.345 e. The van der Waals surface area contributed by atoms with Crippen LogP contribution in [0.25, 0.3) is 11.1 Å². The van der Waals surface area contributed by atoms with Crippen molar-refractivity contribution in [3.8, 4) is 11.1 Å². The summed E-state index contributed by atoms with van der Waals surface area (Å²) < 4.78 is 0. The Hall–Kier alpha value is -2.76. The first-order valence-corrected chi connectivity index (χ1v) is 5.92. The Morgan fingerprint density at radius 1 is 1.25 bits per heavy atom. The highest BCUT2D eigenvalue weighted by Gasteiger charge is 2.25. The zero-order valence-electron chi connectivity index (χ0n) is 11.1. The van der Waals surface area contributed by atoms with Crippen LogP contribution < -0.4 is 0 Å². The van der Waals surface area contributed by atoms with E-state index in [9.17, 15) is 14.9 Å². The van der Waals surface area contributed by atoms with Gasteiger partial charge < -0.3 is 4.90 Å². The van der Waals surface area contributed by atoms with E-state index in [0.29, 0.717) is 11.1 Å². The molecule has 6 heteroatoms. The summed E-state index contributed by atoms with van der Waals surface area (Å²) in [6.45, 7) is 0. The summed E-state index contributed by atoms with van der Waals surface area (Å²) in [5.41, 5.74) is 0.865. The number of nitrogens with zero attached hydrogens (tertiary/aromatic N) is 3. The Balaban J connectivity index is 2.68. The Kier molecular flexibility index (Phi) is 3.74. The van der Waals surface area contributed by atoms with Crippen molar-refractivity contribution in [3.63, 3.8) is 0 Å². The Morgan fingerprint density at radius 3 is 2.55 bits per heavy atom. The van der Waals surface area contributed by atoms with Crippen molar-refractivity contribution in [2.75, 3.05) is 14.1 Å². The number of carbonyl (C=O) groups is 1. The van der Waals surface area contributed by atoms with Gasteiger partial charge in [-0.15, -0.1) is 0 Å². The number of hydrogen-bond donors (Lipinski definition) is 0. The van der Waals surface area contributed by atoms with E-state index >= 15 is 0 Å². The lowest BCUT2D eigenvalue weighted by Crippen LogP contribution is -2.22. The molecular formula is C14H13N3O3. The molecule has 1 heterocycles. The molecule has 0 spiro atoms. The van der Waals surface area contributed by atoms with Gasteiger partial charge in [0.15, 0.2) is 0 Å². The highest BCUT2D eigenvalue weighted by atomic mass is 16.6.